The molecular weight excluding hydrogens is 272 g/mol. The molecule has 0 fully saturated rings. The molecule has 106 valence electrons. The summed E-state index contributed by atoms with van der Waals surface area (Å²) in [5.74, 6) is -0.103. The van der Waals surface area contributed by atoms with Gasteiger partial charge in [0.05, 0.1) is 23.9 Å². The molecule has 1 heterocycles. The Morgan fingerprint density at radius 3 is 2.85 bits per heavy atom. The molecule has 1 N–H and O–H groups in total. The molecule has 0 spiro atoms. The highest BCUT2D eigenvalue weighted by atomic mass is 32.1. The summed E-state index contributed by atoms with van der Waals surface area (Å²) < 4.78 is 5.22. The van der Waals surface area contributed by atoms with Gasteiger partial charge in [0.15, 0.2) is 0 Å². The number of carbonyl (C=O) groups is 1. The van der Waals surface area contributed by atoms with E-state index in [1.807, 2.05) is 32.0 Å². The fourth-order valence-electron chi connectivity index (χ4n) is 2.02. The Bertz CT molecular complexity index is 595. The Labute approximate surface area is 122 Å². The molecule has 0 saturated carbocycles. The number of hydrogen-bond acceptors (Lipinski definition) is 4. The van der Waals surface area contributed by atoms with Crippen LogP contribution in [0.4, 0.5) is 0 Å². The Balaban J connectivity index is 2.18. The molecule has 0 radical (unpaired) electrons. The first-order chi connectivity index (χ1) is 9.61. The van der Waals surface area contributed by atoms with E-state index in [4.69, 9.17) is 4.74 Å². The van der Waals surface area contributed by atoms with E-state index < -0.39 is 0 Å². The SMILES string of the molecule is COCC(NC(=O)c1scnc1C)c1cccc(C)c1. The Hall–Kier alpha value is -1.72. The lowest BCUT2D eigenvalue weighted by molar-refractivity contribution is 0.0899. The molecular formula is C15H18N2O2S. The van der Waals surface area contributed by atoms with Crippen LogP contribution in [0.5, 0.6) is 0 Å². The molecule has 5 heteroatoms. The Morgan fingerprint density at radius 2 is 2.25 bits per heavy atom. The van der Waals surface area contributed by atoms with Crippen LogP contribution >= 0.6 is 11.3 Å². The van der Waals surface area contributed by atoms with E-state index >= 15 is 0 Å². The van der Waals surface area contributed by atoms with E-state index in [9.17, 15) is 4.79 Å². The van der Waals surface area contributed by atoms with Crippen molar-refractivity contribution in [3.63, 3.8) is 0 Å². The minimum atomic E-state index is -0.158. The quantitative estimate of drug-likeness (QED) is 0.921. The third-order valence-electron chi connectivity index (χ3n) is 3.03. The normalized spacial score (nSPS) is 12.2. The second-order valence-corrected chi connectivity index (χ2v) is 5.52. The number of ether oxygens (including phenoxy) is 1. The van der Waals surface area contributed by atoms with Gasteiger partial charge in [-0.1, -0.05) is 29.8 Å². The average Bonchev–Trinajstić information content (AvgIpc) is 2.84. The molecule has 1 aromatic heterocycles. The Morgan fingerprint density at radius 1 is 1.45 bits per heavy atom. The van der Waals surface area contributed by atoms with Gasteiger partial charge in [-0.2, -0.15) is 0 Å². The van der Waals surface area contributed by atoms with Gasteiger partial charge in [0.25, 0.3) is 5.91 Å². The molecule has 1 aromatic carbocycles. The van der Waals surface area contributed by atoms with Crippen LogP contribution in [-0.4, -0.2) is 24.6 Å². The number of benzene rings is 1. The van der Waals surface area contributed by atoms with Gasteiger partial charge in [-0.3, -0.25) is 4.79 Å². The van der Waals surface area contributed by atoms with Crippen LogP contribution in [0.25, 0.3) is 0 Å². The van der Waals surface area contributed by atoms with Crippen LogP contribution in [0, 0.1) is 13.8 Å². The Kier molecular flexibility index (Phi) is 4.87. The second-order valence-electron chi connectivity index (χ2n) is 4.66. The number of aromatic nitrogens is 1. The smallest absolute Gasteiger partial charge is 0.263 e. The summed E-state index contributed by atoms with van der Waals surface area (Å²) in [7, 11) is 1.63. The monoisotopic (exact) mass is 290 g/mol. The second kappa shape index (κ2) is 6.63. The maximum Gasteiger partial charge on any atom is 0.263 e. The van der Waals surface area contributed by atoms with Gasteiger partial charge in [-0.05, 0) is 19.4 Å². The number of nitrogens with one attached hydrogen (secondary N) is 1. The fraction of sp³-hybridized carbons (Fsp3) is 0.333. The van der Waals surface area contributed by atoms with Crippen molar-refractivity contribution in [3.05, 3.63) is 51.5 Å². The maximum absolute atomic E-state index is 12.3. The van der Waals surface area contributed by atoms with Gasteiger partial charge in [0.2, 0.25) is 0 Å². The number of rotatable bonds is 5. The lowest BCUT2D eigenvalue weighted by atomic mass is 10.0. The predicted octanol–water partition coefficient (Wildman–Crippen LogP) is 2.88. The number of hydrogen-bond donors (Lipinski definition) is 1. The van der Waals surface area contributed by atoms with Crippen LogP contribution in [0.3, 0.4) is 0 Å². The molecule has 0 saturated heterocycles. The molecule has 20 heavy (non-hydrogen) atoms. The number of methoxy groups -OCH3 is 1. The molecule has 0 aliphatic rings. The van der Waals surface area contributed by atoms with Gasteiger partial charge in [-0.25, -0.2) is 4.98 Å². The lowest BCUT2D eigenvalue weighted by Crippen LogP contribution is -2.31. The highest BCUT2D eigenvalue weighted by Gasteiger charge is 2.18. The van der Waals surface area contributed by atoms with Gasteiger partial charge < -0.3 is 10.1 Å². The van der Waals surface area contributed by atoms with E-state index in [0.717, 1.165) is 16.8 Å². The summed E-state index contributed by atoms with van der Waals surface area (Å²) in [6.45, 7) is 4.30. The number of nitrogens with zero attached hydrogens (tertiary/aromatic N) is 1. The predicted molar refractivity (Wildman–Crippen MR) is 80.1 cm³/mol. The largest absolute Gasteiger partial charge is 0.382 e. The molecule has 1 amide bonds. The van der Waals surface area contributed by atoms with Crippen molar-refractivity contribution in [1.29, 1.82) is 0 Å². The van der Waals surface area contributed by atoms with Crippen molar-refractivity contribution in [3.8, 4) is 0 Å². The van der Waals surface area contributed by atoms with E-state index in [-0.39, 0.29) is 11.9 Å². The van der Waals surface area contributed by atoms with Crippen LogP contribution in [0.15, 0.2) is 29.8 Å². The van der Waals surface area contributed by atoms with Crippen LogP contribution in [-0.2, 0) is 4.74 Å². The minimum absolute atomic E-state index is 0.103. The lowest BCUT2D eigenvalue weighted by Gasteiger charge is -2.18. The standard InChI is InChI=1S/C15H18N2O2S/c1-10-5-4-6-12(7-10)13(8-19-3)17-15(18)14-11(2)16-9-20-14/h4-7,9,13H,8H2,1-3H3,(H,17,18). The van der Waals surface area contributed by atoms with E-state index in [1.54, 1.807) is 12.6 Å². The first-order valence-electron chi connectivity index (χ1n) is 6.38. The van der Waals surface area contributed by atoms with Gasteiger partial charge in [0.1, 0.15) is 4.88 Å². The zero-order valence-electron chi connectivity index (χ0n) is 11.8. The molecule has 0 aliphatic heterocycles. The molecule has 2 aromatic rings. The summed E-state index contributed by atoms with van der Waals surface area (Å²) in [6.07, 6.45) is 0. The summed E-state index contributed by atoms with van der Waals surface area (Å²) >= 11 is 1.35. The third kappa shape index (κ3) is 3.43. The van der Waals surface area contributed by atoms with Gasteiger partial charge in [-0.15, -0.1) is 11.3 Å². The fourth-order valence-corrected chi connectivity index (χ4v) is 2.72. The molecule has 4 nitrogen and oxygen atoms in total. The zero-order chi connectivity index (χ0) is 14.5. The first-order valence-corrected chi connectivity index (χ1v) is 7.26. The van der Waals surface area contributed by atoms with Crippen molar-refractivity contribution in [2.24, 2.45) is 0 Å². The van der Waals surface area contributed by atoms with E-state index in [2.05, 4.69) is 16.4 Å². The van der Waals surface area contributed by atoms with E-state index in [0.29, 0.717) is 11.5 Å². The number of carbonyl (C=O) groups excluding carboxylic acids is 1. The van der Waals surface area contributed by atoms with Crippen molar-refractivity contribution < 1.29 is 9.53 Å². The molecule has 1 unspecified atom stereocenters. The average molecular weight is 290 g/mol. The molecule has 1 atom stereocenters. The summed E-state index contributed by atoms with van der Waals surface area (Å²) in [4.78, 5) is 17.0. The minimum Gasteiger partial charge on any atom is -0.382 e. The van der Waals surface area contributed by atoms with Crippen molar-refractivity contribution >= 4 is 17.2 Å². The third-order valence-corrected chi connectivity index (χ3v) is 3.96. The van der Waals surface area contributed by atoms with Gasteiger partial charge >= 0.3 is 0 Å². The van der Waals surface area contributed by atoms with Crippen LogP contribution in [0.2, 0.25) is 0 Å². The first kappa shape index (κ1) is 14.7. The van der Waals surface area contributed by atoms with Gasteiger partial charge in [0, 0.05) is 7.11 Å². The molecule has 2 rings (SSSR count). The number of aryl methyl sites for hydroxylation is 2. The van der Waals surface area contributed by atoms with E-state index in [1.165, 1.54) is 11.3 Å². The number of thiazole rings is 1. The van der Waals surface area contributed by atoms with Crippen molar-refractivity contribution in [2.45, 2.75) is 19.9 Å². The van der Waals surface area contributed by atoms with Crippen molar-refractivity contribution in [2.75, 3.05) is 13.7 Å². The maximum atomic E-state index is 12.3. The summed E-state index contributed by atoms with van der Waals surface area (Å²) in [5.41, 5.74) is 4.64. The van der Waals surface area contributed by atoms with Crippen LogP contribution < -0.4 is 5.32 Å². The topological polar surface area (TPSA) is 51.2 Å². The highest BCUT2D eigenvalue weighted by Crippen LogP contribution is 2.18. The van der Waals surface area contributed by atoms with Crippen molar-refractivity contribution in [1.82, 2.24) is 10.3 Å². The zero-order valence-corrected chi connectivity index (χ0v) is 12.7. The number of amides is 1. The molecule has 0 aliphatic carbocycles. The summed E-state index contributed by atoms with van der Waals surface area (Å²) in [6, 6.07) is 7.91. The molecule has 0 bridgehead atoms. The highest BCUT2D eigenvalue weighted by molar-refractivity contribution is 7.11. The summed E-state index contributed by atoms with van der Waals surface area (Å²) in [5, 5.41) is 3.01. The van der Waals surface area contributed by atoms with Crippen LogP contribution in [0.1, 0.15) is 32.5 Å².